The molecule has 166 valence electrons. The van der Waals surface area contributed by atoms with Gasteiger partial charge in [-0.25, -0.2) is 13.2 Å². The van der Waals surface area contributed by atoms with Gasteiger partial charge in [0.25, 0.3) is 10.0 Å². The number of hydrogen-bond acceptors (Lipinski definition) is 8. The summed E-state index contributed by atoms with van der Waals surface area (Å²) < 4.78 is 45.4. The molecule has 2 heterocycles. The molecule has 0 bridgehead atoms. The minimum atomic E-state index is -3.94. The molecule has 2 aromatic heterocycles. The van der Waals surface area contributed by atoms with Crippen LogP contribution in [0, 0.1) is 0 Å². The second-order valence-electron chi connectivity index (χ2n) is 7.57. The minimum absolute atomic E-state index is 0.0522. The summed E-state index contributed by atoms with van der Waals surface area (Å²) in [6.07, 6.45) is 3.19. The summed E-state index contributed by atoms with van der Waals surface area (Å²) in [4.78, 5) is 16.7. The maximum atomic E-state index is 12.9. The first kappa shape index (κ1) is 20.3. The lowest BCUT2D eigenvalue weighted by molar-refractivity contribution is 0.291. The van der Waals surface area contributed by atoms with Crippen molar-refractivity contribution in [2.75, 3.05) is 11.8 Å². The predicted molar refractivity (Wildman–Crippen MR) is 114 cm³/mol. The second kappa shape index (κ2) is 7.83. The molecule has 0 unspecified atom stereocenters. The van der Waals surface area contributed by atoms with Crippen LogP contribution in [0.2, 0.25) is 0 Å². The van der Waals surface area contributed by atoms with Gasteiger partial charge >= 0.3 is 5.76 Å². The Morgan fingerprint density at radius 2 is 2.03 bits per heavy atom. The number of methoxy groups -OCH3 is 1. The molecule has 0 aliphatic heterocycles. The van der Waals surface area contributed by atoms with Crippen molar-refractivity contribution in [3.05, 3.63) is 64.7 Å². The number of benzene rings is 2. The Morgan fingerprint density at radius 3 is 2.78 bits per heavy atom. The quantitative estimate of drug-likeness (QED) is 0.449. The zero-order chi connectivity index (χ0) is 22.3. The molecule has 10 nitrogen and oxygen atoms in total. The van der Waals surface area contributed by atoms with E-state index in [9.17, 15) is 13.2 Å². The van der Waals surface area contributed by atoms with E-state index in [1.54, 1.807) is 24.3 Å². The van der Waals surface area contributed by atoms with Gasteiger partial charge in [-0.3, -0.25) is 9.29 Å². The molecule has 4 aromatic rings. The summed E-state index contributed by atoms with van der Waals surface area (Å²) in [6, 6.07) is 10.9. The normalized spacial score (nSPS) is 14.4. The third-order valence-corrected chi connectivity index (χ3v) is 6.90. The molecule has 1 fully saturated rings. The number of hydrogen-bond donors (Lipinski definition) is 1. The lowest BCUT2D eigenvalue weighted by Gasteiger charge is -2.20. The Labute approximate surface area is 182 Å². The third-order valence-electron chi connectivity index (χ3n) is 5.54. The number of nitrogens with zero attached hydrogens (tertiary/aromatic N) is 3. The average Bonchev–Trinajstić information content (AvgIpc) is 3.31. The van der Waals surface area contributed by atoms with Crippen molar-refractivity contribution >= 4 is 26.8 Å². The van der Waals surface area contributed by atoms with Gasteiger partial charge in [0.2, 0.25) is 5.89 Å². The van der Waals surface area contributed by atoms with Crippen LogP contribution in [0.4, 0.5) is 5.69 Å². The van der Waals surface area contributed by atoms with Gasteiger partial charge in [-0.1, -0.05) is 23.7 Å². The van der Waals surface area contributed by atoms with E-state index in [4.69, 9.17) is 13.7 Å². The summed E-state index contributed by atoms with van der Waals surface area (Å²) in [7, 11) is -2.49. The molecule has 11 heteroatoms. The van der Waals surface area contributed by atoms with Gasteiger partial charge in [-0.05, 0) is 37.1 Å². The topological polar surface area (TPSA) is 129 Å². The fourth-order valence-corrected chi connectivity index (χ4v) is 4.68. The average molecular weight is 456 g/mol. The fraction of sp³-hybridized carbons (Fsp3) is 0.286. The van der Waals surface area contributed by atoms with Crippen molar-refractivity contribution in [3.8, 4) is 5.75 Å². The Hall–Kier alpha value is -3.60. The SMILES string of the molecule is COc1ccccc1NS(=O)(=O)c1ccc2c(c1)oc(=O)n2Cc1noc(C2CCC2)n1. The van der Waals surface area contributed by atoms with Gasteiger partial charge in [-0.2, -0.15) is 4.98 Å². The van der Waals surface area contributed by atoms with Gasteiger partial charge in [0.1, 0.15) is 5.75 Å². The fourth-order valence-electron chi connectivity index (χ4n) is 3.59. The van der Waals surface area contributed by atoms with Crippen LogP contribution >= 0.6 is 0 Å². The summed E-state index contributed by atoms with van der Waals surface area (Å²) in [5, 5.41) is 3.96. The molecular formula is C21H20N4O6S. The number of sulfonamides is 1. The number of rotatable bonds is 7. The Balaban J connectivity index is 1.43. The van der Waals surface area contributed by atoms with Gasteiger partial charge in [-0.15, -0.1) is 0 Å². The van der Waals surface area contributed by atoms with E-state index < -0.39 is 15.8 Å². The van der Waals surface area contributed by atoms with E-state index >= 15 is 0 Å². The molecule has 5 rings (SSSR count). The minimum Gasteiger partial charge on any atom is -0.495 e. The molecule has 0 atom stereocenters. The largest absolute Gasteiger partial charge is 0.495 e. The number of nitrogens with one attached hydrogen (secondary N) is 1. The van der Waals surface area contributed by atoms with E-state index in [-0.39, 0.29) is 22.9 Å². The molecule has 0 saturated heterocycles. The van der Waals surface area contributed by atoms with Crippen LogP contribution in [0.1, 0.15) is 36.9 Å². The van der Waals surface area contributed by atoms with Crippen LogP contribution in [0.3, 0.4) is 0 Å². The highest BCUT2D eigenvalue weighted by Gasteiger charge is 2.26. The smallest absolute Gasteiger partial charge is 0.420 e. The van der Waals surface area contributed by atoms with Crippen LogP contribution in [-0.2, 0) is 16.6 Å². The van der Waals surface area contributed by atoms with E-state index in [0.29, 0.717) is 28.7 Å². The Kier molecular flexibility index (Phi) is 4.97. The standard InChI is InChI=1S/C21H20N4O6S/c1-29-17-8-3-2-7-15(17)24-32(27,28)14-9-10-16-18(11-14)30-21(26)25(16)12-19-22-20(31-23-19)13-5-4-6-13/h2-3,7-11,13,24H,4-6,12H2,1H3. The van der Waals surface area contributed by atoms with Gasteiger partial charge in [0, 0.05) is 12.0 Å². The van der Waals surface area contributed by atoms with E-state index in [1.165, 1.54) is 29.9 Å². The van der Waals surface area contributed by atoms with Crippen LogP contribution in [0.15, 0.2) is 61.1 Å². The summed E-state index contributed by atoms with van der Waals surface area (Å²) in [6.45, 7) is 0.0631. The molecule has 1 N–H and O–H groups in total. The third kappa shape index (κ3) is 3.64. The number of aromatic nitrogens is 3. The van der Waals surface area contributed by atoms with Crippen molar-refractivity contribution < 1.29 is 22.1 Å². The number of ether oxygens (including phenoxy) is 1. The first-order valence-corrected chi connectivity index (χ1v) is 11.5. The Bertz CT molecular complexity index is 1450. The lowest BCUT2D eigenvalue weighted by Crippen LogP contribution is -2.16. The van der Waals surface area contributed by atoms with Crippen LogP contribution in [0.5, 0.6) is 5.75 Å². The number of oxazole rings is 1. The van der Waals surface area contributed by atoms with Crippen molar-refractivity contribution in [2.45, 2.75) is 36.6 Å². The zero-order valence-electron chi connectivity index (χ0n) is 17.1. The van der Waals surface area contributed by atoms with Crippen molar-refractivity contribution in [1.29, 1.82) is 0 Å². The van der Waals surface area contributed by atoms with Crippen molar-refractivity contribution in [3.63, 3.8) is 0 Å². The molecule has 1 saturated carbocycles. The zero-order valence-corrected chi connectivity index (χ0v) is 18.0. The van der Waals surface area contributed by atoms with E-state index in [1.807, 2.05) is 0 Å². The monoisotopic (exact) mass is 456 g/mol. The van der Waals surface area contributed by atoms with Crippen LogP contribution in [0.25, 0.3) is 11.1 Å². The number of fused-ring (bicyclic) bond motifs is 1. The molecule has 2 aromatic carbocycles. The van der Waals surface area contributed by atoms with Crippen molar-refractivity contribution in [2.24, 2.45) is 0 Å². The highest BCUT2D eigenvalue weighted by atomic mass is 32.2. The number of para-hydroxylation sites is 2. The highest BCUT2D eigenvalue weighted by molar-refractivity contribution is 7.92. The van der Waals surface area contributed by atoms with Gasteiger partial charge in [0.15, 0.2) is 11.4 Å². The highest BCUT2D eigenvalue weighted by Crippen LogP contribution is 2.35. The molecular weight excluding hydrogens is 436 g/mol. The lowest BCUT2D eigenvalue weighted by atomic mass is 9.85. The summed E-state index contributed by atoms with van der Waals surface area (Å²) in [5.41, 5.74) is 0.871. The van der Waals surface area contributed by atoms with Gasteiger partial charge < -0.3 is 13.7 Å². The van der Waals surface area contributed by atoms with Crippen LogP contribution < -0.4 is 15.2 Å². The number of anilines is 1. The molecule has 32 heavy (non-hydrogen) atoms. The first-order valence-electron chi connectivity index (χ1n) is 10.1. The maximum Gasteiger partial charge on any atom is 0.420 e. The maximum absolute atomic E-state index is 12.9. The molecule has 0 amide bonds. The van der Waals surface area contributed by atoms with Gasteiger partial charge in [0.05, 0.1) is 29.8 Å². The summed E-state index contributed by atoms with van der Waals surface area (Å²) in [5.74, 6) is 0.991. The summed E-state index contributed by atoms with van der Waals surface area (Å²) >= 11 is 0. The molecule has 1 aliphatic rings. The predicted octanol–water partition coefficient (Wildman–Crippen LogP) is 3.10. The molecule has 1 aliphatic carbocycles. The molecule has 0 spiro atoms. The van der Waals surface area contributed by atoms with E-state index in [0.717, 1.165) is 19.3 Å². The molecule has 0 radical (unpaired) electrons. The first-order chi connectivity index (χ1) is 15.4. The van der Waals surface area contributed by atoms with Crippen LogP contribution in [-0.4, -0.2) is 30.2 Å². The van der Waals surface area contributed by atoms with Crippen molar-refractivity contribution in [1.82, 2.24) is 14.7 Å². The second-order valence-corrected chi connectivity index (χ2v) is 9.25. The van der Waals surface area contributed by atoms with E-state index in [2.05, 4.69) is 14.9 Å². The Morgan fingerprint density at radius 1 is 1.22 bits per heavy atom.